The third kappa shape index (κ3) is 7.71. The summed E-state index contributed by atoms with van der Waals surface area (Å²) >= 11 is 0. The lowest BCUT2D eigenvalue weighted by Crippen LogP contribution is -2.44. The van der Waals surface area contributed by atoms with Crippen molar-refractivity contribution in [2.75, 3.05) is 33.4 Å². The number of aromatic nitrogens is 1. The summed E-state index contributed by atoms with van der Waals surface area (Å²) in [5, 5.41) is 9.67. The van der Waals surface area contributed by atoms with Gasteiger partial charge in [-0.3, -0.25) is 14.7 Å². The zero-order valence-electron chi connectivity index (χ0n) is 17.0. The standard InChI is InChI=1S/C17H24FN3O3.C2HF3O2/c1-19-16(22)12-23-14-8-17(24-11-14)3-6-21(7-4-17)10-13-2-5-20-9-15(13)18;3-2(4,5)1(6)7/h2,5,9,14H,3-4,6-8,10-12H2,1H3,(H,19,22);(H,6,7). The number of alkyl halides is 3. The Labute approximate surface area is 176 Å². The van der Waals surface area contributed by atoms with E-state index < -0.39 is 12.1 Å². The van der Waals surface area contributed by atoms with Crippen LogP contribution in [0.3, 0.4) is 0 Å². The summed E-state index contributed by atoms with van der Waals surface area (Å²) in [7, 11) is 1.60. The van der Waals surface area contributed by atoms with Crippen LogP contribution >= 0.6 is 0 Å². The highest BCUT2D eigenvalue weighted by Gasteiger charge is 2.43. The molecule has 3 rings (SSSR count). The SMILES string of the molecule is CNC(=O)COC1COC2(CCN(Cc3ccncc3F)CC2)C1.O=C(O)C(F)(F)F. The van der Waals surface area contributed by atoms with Gasteiger partial charge in [-0.05, 0) is 18.9 Å². The van der Waals surface area contributed by atoms with Gasteiger partial charge in [0.2, 0.25) is 5.91 Å². The zero-order chi connectivity index (χ0) is 23.1. The normalized spacial score (nSPS) is 20.7. The number of aliphatic carboxylic acids is 1. The predicted octanol–water partition coefficient (Wildman–Crippen LogP) is 1.74. The molecule has 0 aromatic carbocycles. The highest BCUT2D eigenvalue weighted by Crippen LogP contribution is 2.37. The van der Waals surface area contributed by atoms with E-state index in [9.17, 15) is 22.4 Å². The predicted molar refractivity (Wildman–Crippen MR) is 99.5 cm³/mol. The van der Waals surface area contributed by atoms with Crippen LogP contribution in [0.1, 0.15) is 24.8 Å². The zero-order valence-corrected chi connectivity index (χ0v) is 17.0. The maximum absolute atomic E-state index is 13.7. The van der Waals surface area contributed by atoms with E-state index in [1.165, 1.54) is 6.20 Å². The first-order valence-electron chi connectivity index (χ1n) is 9.61. The monoisotopic (exact) mass is 451 g/mol. The number of hydrogen-bond donors (Lipinski definition) is 2. The Kier molecular flexibility index (Phi) is 8.71. The molecular formula is C19H25F4N3O5. The van der Waals surface area contributed by atoms with Gasteiger partial charge in [-0.15, -0.1) is 0 Å². The number of amides is 1. The van der Waals surface area contributed by atoms with Gasteiger partial charge < -0.3 is 19.9 Å². The molecule has 1 aromatic rings. The van der Waals surface area contributed by atoms with Gasteiger partial charge in [0.15, 0.2) is 0 Å². The third-order valence-corrected chi connectivity index (χ3v) is 5.16. The lowest BCUT2D eigenvalue weighted by Gasteiger charge is -2.38. The average Bonchev–Trinajstić information content (AvgIpc) is 3.12. The Morgan fingerprint density at radius 2 is 2.03 bits per heavy atom. The molecule has 1 atom stereocenters. The molecule has 2 saturated heterocycles. The lowest BCUT2D eigenvalue weighted by atomic mass is 9.88. The van der Waals surface area contributed by atoms with Crippen LogP contribution in [-0.4, -0.2) is 78.1 Å². The molecule has 31 heavy (non-hydrogen) atoms. The lowest BCUT2D eigenvalue weighted by molar-refractivity contribution is -0.192. The topological polar surface area (TPSA) is 101 Å². The number of nitrogens with one attached hydrogen (secondary N) is 1. The fourth-order valence-electron chi connectivity index (χ4n) is 3.42. The van der Waals surface area contributed by atoms with Gasteiger partial charge in [-0.2, -0.15) is 13.2 Å². The van der Waals surface area contributed by atoms with Crippen LogP contribution in [0.4, 0.5) is 17.6 Å². The maximum Gasteiger partial charge on any atom is 0.490 e. The fraction of sp³-hybridized carbons (Fsp3) is 0.632. The Morgan fingerprint density at radius 1 is 1.39 bits per heavy atom. The van der Waals surface area contributed by atoms with Crippen molar-refractivity contribution >= 4 is 11.9 Å². The van der Waals surface area contributed by atoms with E-state index in [4.69, 9.17) is 19.4 Å². The summed E-state index contributed by atoms with van der Waals surface area (Å²) in [5.41, 5.74) is 0.528. The summed E-state index contributed by atoms with van der Waals surface area (Å²) in [6, 6.07) is 1.73. The summed E-state index contributed by atoms with van der Waals surface area (Å²) in [6.45, 7) is 2.94. The summed E-state index contributed by atoms with van der Waals surface area (Å²) < 4.78 is 57.1. The van der Waals surface area contributed by atoms with E-state index >= 15 is 0 Å². The van der Waals surface area contributed by atoms with Crippen LogP contribution in [0.2, 0.25) is 0 Å². The summed E-state index contributed by atoms with van der Waals surface area (Å²) in [6.07, 6.45) is 0.403. The number of nitrogens with zero attached hydrogens (tertiary/aromatic N) is 2. The summed E-state index contributed by atoms with van der Waals surface area (Å²) in [4.78, 5) is 26.2. The minimum absolute atomic E-state index is 0.0218. The third-order valence-electron chi connectivity index (χ3n) is 5.16. The first-order chi connectivity index (χ1) is 14.5. The minimum atomic E-state index is -5.08. The minimum Gasteiger partial charge on any atom is -0.475 e. The van der Waals surface area contributed by atoms with Crippen molar-refractivity contribution in [3.05, 3.63) is 29.8 Å². The molecule has 2 N–H and O–H groups in total. The molecule has 0 radical (unpaired) electrons. The highest BCUT2D eigenvalue weighted by atomic mass is 19.4. The molecule has 8 nitrogen and oxygen atoms in total. The number of piperidine rings is 1. The van der Waals surface area contributed by atoms with Crippen molar-refractivity contribution < 1.29 is 41.7 Å². The van der Waals surface area contributed by atoms with E-state index in [-0.39, 0.29) is 30.0 Å². The first-order valence-corrected chi connectivity index (χ1v) is 9.61. The van der Waals surface area contributed by atoms with E-state index in [1.54, 1.807) is 19.3 Å². The molecule has 174 valence electrons. The summed E-state index contributed by atoms with van der Waals surface area (Å²) in [5.74, 6) is -3.13. The molecule has 1 unspecified atom stereocenters. The van der Waals surface area contributed by atoms with Crippen LogP contribution in [0.5, 0.6) is 0 Å². The van der Waals surface area contributed by atoms with Gasteiger partial charge in [-0.25, -0.2) is 9.18 Å². The van der Waals surface area contributed by atoms with Gasteiger partial charge in [-0.1, -0.05) is 0 Å². The van der Waals surface area contributed by atoms with Crippen molar-refractivity contribution in [2.45, 2.75) is 43.7 Å². The van der Waals surface area contributed by atoms with Crippen LogP contribution in [-0.2, 0) is 25.6 Å². The molecule has 1 amide bonds. The first kappa shape index (κ1) is 25.0. The fourth-order valence-corrected chi connectivity index (χ4v) is 3.42. The molecule has 12 heteroatoms. The number of likely N-dealkylation sites (tertiary alicyclic amines) is 1. The number of carbonyl (C=O) groups excluding carboxylic acids is 1. The van der Waals surface area contributed by atoms with Crippen LogP contribution in [0, 0.1) is 5.82 Å². The van der Waals surface area contributed by atoms with Crippen molar-refractivity contribution in [3.8, 4) is 0 Å². The Bertz CT molecular complexity index is 754. The van der Waals surface area contributed by atoms with Gasteiger partial charge >= 0.3 is 12.1 Å². The second-order valence-electron chi connectivity index (χ2n) is 7.35. The molecule has 0 saturated carbocycles. The van der Waals surface area contributed by atoms with Crippen molar-refractivity contribution in [3.63, 3.8) is 0 Å². The highest BCUT2D eigenvalue weighted by molar-refractivity contribution is 5.76. The second-order valence-corrected chi connectivity index (χ2v) is 7.35. The number of ether oxygens (including phenoxy) is 2. The quantitative estimate of drug-likeness (QED) is 0.658. The number of halogens is 4. The van der Waals surface area contributed by atoms with Crippen molar-refractivity contribution in [2.24, 2.45) is 0 Å². The number of pyridine rings is 1. The van der Waals surface area contributed by atoms with Gasteiger partial charge in [0.25, 0.3) is 0 Å². The van der Waals surface area contributed by atoms with Crippen LogP contribution in [0.25, 0.3) is 0 Å². The smallest absolute Gasteiger partial charge is 0.475 e. The number of likely N-dealkylation sites (N-methyl/N-ethyl adjacent to an activating group) is 1. The number of hydrogen-bond acceptors (Lipinski definition) is 6. The van der Waals surface area contributed by atoms with Gasteiger partial charge in [0, 0.05) is 44.9 Å². The molecule has 0 aliphatic carbocycles. The number of carboxylic acid groups (broad SMARTS) is 1. The van der Waals surface area contributed by atoms with E-state index in [2.05, 4.69) is 15.2 Å². The molecule has 2 aliphatic heterocycles. The Hall–Kier alpha value is -2.31. The molecule has 1 spiro atoms. The molecular weight excluding hydrogens is 426 g/mol. The van der Waals surface area contributed by atoms with Crippen LogP contribution < -0.4 is 5.32 Å². The number of carboxylic acids is 1. The Balaban J connectivity index is 0.000000423. The van der Waals surface area contributed by atoms with Crippen LogP contribution in [0.15, 0.2) is 18.5 Å². The van der Waals surface area contributed by atoms with Crippen molar-refractivity contribution in [1.29, 1.82) is 0 Å². The van der Waals surface area contributed by atoms with Gasteiger partial charge in [0.05, 0.1) is 24.5 Å². The number of carbonyl (C=O) groups is 2. The second kappa shape index (κ2) is 10.8. The van der Waals surface area contributed by atoms with E-state index in [0.717, 1.165) is 32.4 Å². The van der Waals surface area contributed by atoms with E-state index in [0.29, 0.717) is 18.7 Å². The maximum atomic E-state index is 13.7. The molecule has 1 aromatic heterocycles. The molecule has 2 aliphatic rings. The molecule has 3 heterocycles. The molecule has 0 bridgehead atoms. The average molecular weight is 451 g/mol. The Morgan fingerprint density at radius 3 is 2.58 bits per heavy atom. The molecule has 2 fully saturated rings. The van der Waals surface area contributed by atoms with E-state index in [1.807, 2.05) is 0 Å². The largest absolute Gasteiger partial charge is 0.490 e. The van der Waals surface area contributed by atoms with Gasteiger partial charge in [0.1, 0.15) is 12.4 Å². The number of rotatable bonds is 5. The van der Waals surface area contributed by atoms with Crippen molar-refractivity contribution in [1.82, 2.24) is 15.2 Å².